The first-order valence-electron chi connectivity index (χ1n) is 14.0. The number of carboxylic acids is 1. The number of aromatic nitrogens is 2. The van der Waals surface area contributed by atoms with E-state index in [1.165, 1.54) is 5.69 Å². The van der Waals surface area contributed by atoms with Crippen LogP contribution in [0.5, 0.6) is 11.5 Å². The van der Waals surface area contributed by atoms with Crippen molar-refractivity contribution in [3.05, 3.63) is 101 Å². The average Bonchev–Trinajstić information content (AvgIpc) is 3.38. The summed E-state index contributed by atoms with van der Waals surface area (Å²) in [6, 6.07) is 24.4. The molecule has 3 aromatic carbocycles. The van der Waals surface area contributed by atoms with Crippen LogP contribution in [0, 0.1) is 0 Å². The number of carbonyl (C=O) groups is 1. The van der Waals surface area contributed by atoms with Gasteiger partial charge in [-0.25, -0.2) is 4.98 Å². The third-order valence-electron chi connectivity index (χ3n) is 7.36. The maximum atomic E-state index is 11.4. The van der Waals surface area contributed by atoms with Gasteiger partial charge in [0.05, 0.1) is 17.8 Å². The predicted molar refractivity (Wildman–Crippen MR) is 155 cm³/mol. The highest BCUT2D eigenvalue weighted by atomic mass is 16.6. The lowest BCUT2D eigenvalue weighted by atomic mass is 10.00. The Hall–Kier alpha value is -4.10. The fraction of sp³-hybridized carbons (Fsp3) is 0.333. The lowest BCUT2D eigenvalue weighted by Gasteiger charge is -2.25. The van der Waals surface area contributed by atoms with Crippen LogP contribution in [-0.4, -0.2) is 38.7 Å². The van der Waals surface area contributed by atoms with E-state index < -0.39 is 11.9 Å². The van der Waals surface area contributed by atoms with Crippen molar-refractivity contribution in [2.45, 2.75) is 58.8 Å². The standard InChI is InChI=1S/C33H37N3O4/c1-3-4-16-36-29(20-34-32(36)28-8-6-5-7-9-28)23-35(21-25-10-13-27(14-11-25)24(2)33(37)38)22-26-12-15-30-31(19-26)40-18-17-39-30/h5-15,19-20,24H,3-4,16-18,21-23H2,1-2H3,(H,37,38). The van der Waals surface area contributed by atoms with E-state index in [0.29, 0.717) is 32.8 Å². The van der Waals surface area contributed by atoms with Gasteiger partial charge in [-0.15, -0.1) is 0 Å². The molecule has 208 valence electrons. The van der Waals surface area contributed by atoms with Crippen molar-refractivity contribution < 1.29 is 19.4 Å². The Labute approximate surface area is 236 Å². The molecule has 0 saturated carbocycles. The number of unbranched alkanes of at least 4 members (excludes halogenated alkanes) is 1. The average molecular weight is 540 g/mol. The number of rotatable bonds is 12. The Morgan fingerprint density at radius 2 is 1.65 bits per heavy atom. The lowest BCUT2D eigenvalue weighted by molar-refractivity contribution is -0.138. The van der Waals surface area contributed by atoms with E-state index in [1.54, 1.807) is 6.92 Å². The van der Waals surface area contributed by atoms with Gasteiger partial charge in [-0.2, -0.15) is 0 Å². The number of imidazole rings is 1. The molecule has 1 aromatic heterocycles. The van der Waals surface area contributed by atoms with Gasteiger partial charge in [-0.05, 0) is 42.2 Å². The van der Waals surface area contributed by atoms with Gasteiger partial charge < -0.3 is 19.1 Å². The highest BCUT2D eigenvalue weighted by Gasteiger charge is 2.19. The molecule has 7 heteroatoms. The molecule has 0 amide bonds. The summed E-state index contributed by atoms with van der Waals surface area (Å²) in [7, 11) is 0. The number of benzene rings is 3. The van der Waals surface area contributed by atoms with Crippen LogP contribution in [0.2, 0.25) is 0 Å². The van der Waals surface area contributed by atoms with Crippen LogP contribution >= 0.6 is 0 Å². The Morgan fingerprint density at radius 3 is 2.38 bits per heavy atom. The van der Waals surface area contributed by atoms with Crippen LogP contribution in [0.25, 0.3) is 11.4 Å². The molecular formula is C33H37N3O4. The SMILES string of the molecule is CCCCn1c(CN(Cc2ccc(C(C)C(=O)O)cc2)Cc2ccc3c(c2)OCCO3)cnc1-c1ccccc1. The van der Waals surface area contributed by atoms with Gasteiger partial charge in [0.25, 0.3) is 0 Å². The molecule has 1 unspecified atom stereocenters. The van der Waals surface area contributed by atoms with Crippen molar-refractivity contribution >= 4 is 5.97 Å². The van der Waals surface area contributed by atoms with Gasteiger partial charge in [0.15, 0.2) is 11.5 Å². The van der Waals surface area contributed by atoms with Gasteiger partial charge >= 0.3 is 5.97 Å². The van der Waals surface area contributed by atoms with Crippen molar-refractivity contribution in [1.82, 2.24) is 14.5 Å². The van der Waals surface area contributed by atoms with Gasteiger partial charge in [-0.1, -0.05) is 74.0 Å². The smallest absolute Gasteiger partial charge is 0.310 e. The zero-order valence-electron chi connectivity index (χ0n) is 23.3. The number of fused-ring (bicyclic) bond motifs is 1. The molecule has 4 aromatic rings. The summed E-state index contributed by atoms with van der Waals surface area (Å²) in [5, 5.41) is 9.40. The Kier molecular flexibility index (Phi) is 8.81. The monoisotopic (exact) mass is 539 g/mol. The number of ether oxygens (including phenoxy) is 2. The number of carboxylic acid groups (broad SMARTS) is 1. The molecule has 0 bridgehead atoms. The summed E-state index contributed by atoms with van der Waals surface area (Å²) in [5.41, 5.74) is 5.36. The second kappa shape index (κ2) is 12.8. The molecule has 1 aliphatic heterocycles. The summed E-state index contributed by atoms with van der Waals surface area (Å²) < 4.78 is 13.9. The maximum Gasteiger partial charge on any atom is 0.310 e. The molecular weight excluding hydrogens is 502 g/mol. The summed E-state index contributed by atoms with van der Waals surface area (Å²) in [4.78, 5) is 18.7. The first-order valence-corrected chi connectivity index (χ1v) is 14.0. The summed E-state index contributed by atoms with van der Waals surface area (Å²) >= 11 is 0. The van der Waals surface area contributed by atoms with Crippen LogP contribution in [0.3, 0.4) is 0 Å². The molecule has 1 aliphatic rings. The third-order valence-corrected chi connectivity index (χ3v) is 7.36. The number of hydrogen-bond acceptors (Lipinski definition) is 5. The number of aliphatic carboxylic acids is 1. The Morgan fingerprint density at radius 1 is 0.950 bits per heavy atom. The van der Waals surface area contributed by atoms with Crippen LogP contribution in [-0.2, 0) is 31.0 Å². The Balaban J connectivity index is 1.43. The molecule has 0 saturated heterocycles. The lowest BCUT2D eigenvalue weighted by Crippen LogP contribution is -2.24. The largest absolute Gasteiger partial charge is 0.486 e. The van der Waals surface area contributed by atoms with Crippen LogP contribution in [0.15, 0.2) is 79.0 Å². The third kappa shape index (κ3) is 6.54. The number of hydrogen-bond donors (Lipinski definition) is 1. The van der Waals surface area contributed by atoms with Crippen LogP contribution < -0.4 is 9.47 Å². The normalized spacial score (nSPS) is 13.4. The minimum Gasteiger partial charge on any atom is -0.486 e. The fourth-order valence-corrected chi connectivity index (χ4v) is 5.07. The van der Waals surface area contributed by atoms with Crippen molar-refractivity contribution in [2.24, 2.45) is 0 Å². The molecule has 1 atom stereocenters. The second-order valence-electron chi connectivity index (χ2n) is 10.4. The van der Waals surface area contributed by atoms with Crippen LogP contribution in [0.1, 0.15) is 55.0 Å². The molecule has 0 fully saturated rings. The fourth-order valence-electron chi connectivity index (χ4n) is 5.07. The zero-order chi connectivity index (χ0) is 27.9. The second-order valence-corrected chi connectivity index (χ2v) is 10.4. The van der Waals surface area contributed by atoms with E-state index in [4.69, 9.17) is 14.5 Å². The molecule has 7 nitrogen and oxygen atoms in total. The quantitative estimate of drug-likeness (QED) is 0.221. The first kappa shape index (κ1) is 27.5. The van der Waals surface area contributed by atoms with Gasteiger partial charge in [0.1, 0.15) is 19.0 Å². The minimum absolute atomic E-state index is 0.535. The van der Waals surface area contributed by atoms with Gasteiger partial charge in [-0.3, -0.25) is 9.69 Å². The molecule has 2 heterocycles. The van der Waals surface area contributed by atoms with Crippen molar-refractivity contribution in [2.75, 3.05) is 13.2 Å². The highest BCUT2D eigenvalue weighted by Crippen LogP contribution is 2.32. The van der Waals surface area contributed by atoms with Crippen molar-refractivity contribution in [3.63, 3.8) is 0 Å². The molecule has 1 N–H and O–H groups in total. The molecule has 40 heavy (non-hydrogen) atoms. The maximum absolute atomic E-state index is 11.4. The molecule has 0 radical (unpaired) electrons. The van der Waals surface area contributed by atoms with E-state index in [0.717, 1.165) is 59.0 Å². The van der Waals surface area contributed by atoms with E-state index in [9.17, 15) is 9.90 Å². The minimum atomic E-state index is -0.817. The van der Waals surface area contributed by atoms with Crippen molar-refractivity contribution in [1.29, 1.82) is 0 Å². The summed E-state index contributed by atoms with van der Waals surface area (Å²) in [6.45, 7) is 8.09. The summed E-state index contributed by atoms with van der Waals surface area (Å²) in [5.74, 6) is 1.22. The van der Waals surface area contributed by atoms with E-state index in [-0.39, 0.29) is 0 Å². The molecule has 0 spiro atoms. The van der Waals surface area contributed by atoms with Gasteiger partial charge in [0, 0.05) is 31.7 Å². The van der Waals surface area contributed by atoms with E-state index >= 15 is 0 Å². The highest BCUT2D eigenvalue weighted by molar-refractivity contribution is 5.75. The first-order chi connectivity index (χ1) is 19.5. The van der Waals surface area contributed by atoms with E-state index in [1.807, 2.05) is 42.6 Å². The Bertz CT molecular complexity index is 1420. The zero-order valence-corrected chi connectivity index (χ0v) is 23.3. The molecule has 5 rings (SSSR count). The number of nitrogens with zero attached hydrogens (tertiary/aromatic N) is 3. The topological polar surface area (TPSA) is 76.8 Å². The predicted octanol–water partition coefficient (Wildman–Crippen LogP) is 6.51. The van der Waals surface area contributed by atoms with Crippen molar-refractivity contribution in [3.8, 4) is 22.9 Å². The van der Waals surface area contributed by atoms with Gasteiger partial charge in [0.2, 0.25) is 0 Å². The van der Waals surface area contributed by atoms with E-state index in [2.05, 4.69) is 52.8 Å². The summed E-state index contributed by atoms with van der Waals surface area (Å²) in [6.07, 6.45) is 4.19. The van der Waals surface area contributed by atoms with Crippen LogP contribution in [0.4, 0.5) is 0 Å². The molecule has 0 aliphatic carbocycles.